The predicted molar refractivity (Wildman–Crippen MR) is 107 cm³/mol. The van der Waals surface area contributed by atoms with Crippen LogP contribution in [0.15, 0.2) is 65.7 Å². The van der Waals surface area contributed by atoms with E-state index < -0.39 is 17.2 Å². The second kappa shape index (κ2) is 6.74. The molecular weight excluding hydrogens is 372 g/mol. The van der Waals surface area contributed by atoms with Gasteiger partial charge in [-0.25, -0.2) is 18.7 Å². The number of fused-ring (bicyclic) bond motifs is 2. The summed E-state index contributed by atoms with van der Waals surface area (Å²) in [5, 5.41) is 0. The summed E-state index contributed by atoms with van der Waals surface area (Å²) < 4.78 is 31.0. The van der Waals surface area contributed by atoms with Gasteiger partial charge < -0.3 is 0 Å². The molecule has 2 aromatic carbocycles. The van der Waals surface area contributed by atoms with Crippen LogP contribution >= 0.6 is 0 Å². The Kier molecular flexibility index (Phi) is 4.05. The van der Waals surface area contributed by atoms with E-state index in [4.69, 9.17) is 0 Å². The molecule has 2 heterocycles. The van der Waals surface area contributed by atoms with Crippen molar-refractivity contribution in [3.05, 3.63) is 99.6 Å². The molecule has 4 nitrogen and oxygen atoms in total. The Morgan fingerprint density at radius 1 is 1.00 bits per heavy atom. The van der Waals surface area contributed by atoms with Crippen LogP contribution in [0.5, 0.6) is 0 Å². The van der Waals surface area contributed by atoms with Gasteiger partial charge in [0.25, 0.3) is 5.56 Å². The molecule has 0 radical (unpaired) electrons. The molecule has 0 saturated heterocycles. The van der Waals surface area contributed by atoms with Gasteiger partial charge in [-0.3, -0.25) is 9.36 Å². The third-order valence-corrected chi connectivity index (χ3v) is 5.17. The van der Waals surface area contributed by atoms with Gasteiger partial charge in [-0.05, 0) is 59.0 Å². The highest BCUT2D eigenvalue weighted by Gasteiger charge is 2.16. The first-order valence-corrected chi connectivity index (χ1v) is 9.18. The molecule has 0 amide bonds. The third kappa shape index (κ3) is 3.02. The number of allylic oxidation sites excluding steroid dienone is 1. The number of pyridine rings is 1. The van der Waals surface area contributed by atoms with Gasteiger partial charge >= 0.3 is 0 Å². The number of nitrogens with zero attached hydrogens (tertiary/aromatic N) is 3. The van der Waals surface area contributed by atoms with E-state index in [9.17, 15) is 13.6 Å². The number of hydrogen-bond donors (Lipinski definition) is 0. The monoisotopic (exact) mass is 387 g/mol. The molecule has 29 heavy (non-hydrogen) atoms. The summed E-state index contributed by atoms with van der Waals surface area (Å²) in [4.78, 5) is 20.4. The van der Waals surface area contributed by atoms with Crippen molar-refractivity contribution in [3.63, 3.8) is 0 Å². The second-order valence-electron chi connectivity index (χ2n) is 6.97. The molecule has 142 valence electrons. The summed E-state index contributed by atoms with van der Waals surface area (Å²) in [6.45, 7) is -0.264. The Labute approximate surface area is 164 Å². The van der Waals surface area contributed by atoms with Gasteiger partial charge in [0.15, 0.2) is 5.65 Å². The molecule has 0 saturated carbocycles. The first-order chi connectivity index (χ1) is 14.1. The molecule has 1 aliphatic rings. The van der Waals surface area contributed by atoms with E-state index in [-0.39, 0.29) is 17.8 Å². The zero-order valence-electron chi connectivity index (χ0n) is 15.3. The van der Waals surface area contributed by atoms with Crippen LogP contribution in [0.3, 0.4) is 0 Å². The Hall–Kier alpha value is -3.67. The van der Waals surface area contributed by atoms with Gasteiger partial charge in [0.1, 0.15) is 17.2 Å². The molecule has 0 unspecified atom stereocenters. The highest BCUT2D eigenvalue weighted by molar-refractivity contribution is 5.72. The Bertz CT molecular complexity index is 1340. The van der Waals surface area contributed by atoms with E-state index in [1.807, 2.05) is 24.3 Å². The van der Waals surface area contributed by atoms with E-state index in [1.54, 1.807) is 12.1 Å². The molecular formula is C23H15F2N3O. The fraction of sp³-hybridized carbons (Fsp3) is 0.0870. The molecule has 6 heteroatoms. The van der Waals surface area contributed by atoms with Gasteiger partial charge in [-0.2, -0.15) is 0 Å². The lowest BCUT2D eigenvalue weighted by atomic mass is 9.99. The second-order valence-corrected chi connectivity index (χ2v) is 6.97. The van der Waals surface area contributed by atoms with Crippen LogP contribution in [0.1, 0.15) is 16.7 Å². The maximum atomic E-state index is 14.9. The van der Waals surface area contributed by atoms with Crippen molar-refractivity contribution in [2.75, 3.05) is 0 Å². The lowest BCUT2D eigenvalue weighted by Gasteiger charge is -2.12. The summed E-state index contributed by atoms with van der Waals surface area (Å²) in [6.07, 6.45) is 7.58. The highest BCUT2D eigenvalue weighted by atomic mass is 19.1. The van der Waals surface area contributed by atoms with Crippen LogP contribution in [0.2, 0.25) is 0 Å². The van der Waals surface area contributed by atoms with E-state index in [0.29, 0.717) is 11.1 Å². The summed E-state index contributed by atoms with van der Waals surface area (Å²) in [6, 6.07) is 11.8. The zero-order valence-corrected chi connectivity index (χ0v) is 15.3. The van der Waals surface area contributed by atoms with Crippen molar-refractivity contribution in [1.29, 1.82) is 0 Å². The fourth-order valence-corrected chi connectivity index (χ4v) is 3.66. The van der Waals surface area contributed by atoms with Crippen molar-refractivity contribution in [3.8, 4) is 11.1 Å². The Morgan fingerprint density at radius 3 is 2.66 bits per heavy atom. The zero-order chi connectivity index (χ0) is 20.0. The largest absolute Gasteiger partial charge is 0.285 e. The normalized spacial score (nSPS) is 12.5. The Balaban J connectivity index is 1.57. The van der Waals surface area contributed by atoms with Crippen LogP contribution in [0, 0.1) is 11.6 Å². The van der Waals surface area contributed by atoms with Gasteiger partial charge in [-0.1, -0.05) is 24.3 Å². The van der Waals surface area contributed by atoms with Crippen molar-refractivity contribution >= 4 is 17.2 Å². The molecule has 4 aromatic rings. The minimum Gasteiger partial charge on any atom is -0.285 e. The Morgan fingerprint density at radius 2 is 1.83 bits per heavy atom. The highest BCUT2D eigenvalue weighted by Crippen LogP contribution is 2.29. The predicted octanol–water partition coefficient (Wildman–Crippen LogP) is 4.35. The fourth-order valence-electron chi connectivity index (χ4n) is 3.66. The lowest BCUT2D eigenvalue weighted by Crippen LogP contribution is -2.23. The average Bonchev–Trinajstić information content (AvgIpc) is 3.19. The van der Waals surface area contributed by atoms with Crippen LogP contribution in [0.4, 0.5) is 8.78 Å². The van der Waals surface area contributed by atoms with E-state index in [0.717, 1.165) is 23.7 Å². The van der Waals surface area contributed by atoms with Gasteiger partial charge in [0, 0.05) is 11.8 Å². The van der Waals surface area contributed by atoms with Crippen molar-refractivity contribution in [2.24, 2.45) is 0 Å². The molecule has 2 aromatic heterocycles. The van der Waals surface area contributed by atoms with E-state index in [2.05, 4.69) is 16.0 Å². The van der Waals surface area contributed by atoms with Crippen molar-refractivity contribution in [1.82, 2.24) is 14.5 Å². The maximum absolute atomic E-state index is 14.9. The van der Waals surface area contributed by atoms with Crippen LogP contribution < -0.4 is 5.56 Å². The van der Waals surface area contributed by atoms with Gasteiger partial charge in [-0.15, -0.1) is 0 Å². The van der Waals surface area contributed by atoms with Crippen molar-refractivity contribution in [2.45, 2.75) is 13.0 Å². The van der Waals surface area contributed by atoms with Crippen molar-refractivity contribution < 1.29 is 8.78 Å². The molecule has 0 aliphatic heterocycles. The SMILES string of the molecule is O=c1cnc2cccnc2n1Cc1c(F)cc(-c2ccc3c(c2)C=CC3)cc1F. The number of aromatic nitrogens is 3. The summed E-state index contributed by atoms with van der Waals surface area (Å²) in [7, 11) is 0. The quantitative estimate of drug-likeness (QED) is 0.525. The lowest BCUT2D eigenvalue weighted by molar-refractivity contribution is 0.544. The van der Waals surface area contributed by atoms with Crippen LogP contribution in [0.25, 0.3) is 28.4 Å². The summed E-state index contributed by atoms with van der Waals surface area (Å²) in [5.74, 6) is -1.41. The average molecular weight is 387 g/mol. The maximum Gasteiger partial charge on any atom is 0.270 e. The molecule has 0 atom stereocenters. The number of rotatable bonds is 3. The molecule has 0 N–H and O–H groups in total. The smallest absolute Gasteiger partial charge is 0.270 e. The summed E-state index contributed by atoms with van der Waals surface area (Å²) >= 11 is 0. The molecule has 0 fully saturated rings. The number of benzene rings is 2. The molecule has 5 rings (SSSR count). The number of hydrogen-bond acceptors (Lipinski definition) is 3. The first kappa shape index (κ1) is 17.4. The standard InChI is InChI=1S/C23H15F2N3O/c24-19-10-17(16-7-6-14-3-1-4-15(14)9-16)11-20(25)18(19)13-28-22(29)12-27-21-5-2-8-26-23(21)28/h1-2,4-12H,3,13H2. The molecule has 1 aliphatic carbocycles. The summed E-state index contributed by atoms with van der Waals surface area (Å²) in [5.41, 5.74) is 3.57. The van der Waals surface area contributed by atoms with Gasteiger partial charge in [0.2, 0.25) is 0 Å². The number of halogens is 2. The molecule has 0 bridgehead atoms. The minimum atomic E-state index is -0.705. The van der Waals surface area contributed by atoms with Crippen LogP contribution in [-0.2, 0) is 13.0 Å². The first-order valence-electron chi connectivity index (χ1n) is 9.18. The topological polar surface area (TPSA) is 47.8 Å². The third-order valence-electron chi connectivity index (χ3n) is 5.17. The van der Waals surface area contributed by atoms with Gasteiger partial charge in [0.05, 0.1) is 12.7 Å². The van der Waals surface area contributed by atoms with Crippen LogP contribution in [-0.4, -0.2) is 14.5 Å². The minimum absolute atomic E-state index is 0.185. The van der Waals surface area contributed by atoms with E-state index in [1.165, 1.54) is 28.5 Å². The molecule has 0 spiro atoms. The van der Waals surface area contributed by atoms with E-state index >= 15 is 0 Å².